The van der Waals surface area contributed by atoms with Crippen molar-refractivity contribution in [1.29, 1.82) is 0 Å². The van der Waals surface area contributed by atoms with E-state index < -0.39 is 0 Å². The molecule has 0 aliphatic rings. The van der Waals surface area contributed by atoms with Crippen LogP contribution in [0.1, 0.15) is 17.3 Å². The van der Waals surface area contributed by atoms with E-state index in [0.29, 0.717) is 15.6 Å². The summed E-state index contributed by atoms with van der Waals surface area (Å²) in [5, 5.41) is 1.57. The Labute approximate surface area is 142 Å². The molecule has 19 heavy (non-hydrogen) atoms. The molecule has 0 N–H and O–H groups in total. The van der Waals surface area contributed by atoms with E-state index in [1.807, 2.05) is 12.1 Å². The Morgan fingerprint density at radius 2 is 1.58 bits per heavy atom. The molecule has 0 saturated carbocycles. The van der Waals surface area contributed by atoms with Gasteiger partial charge in [-0.2, -0.15) is 0 Å². The molecule has 0 aromatic heterocycles. The molecular weight excluding hydrogens is 316 g/mol. The van der Waals surface area contributed by atoms with Crippen LogP contribution in [0.4, 0.5) is 0 Å². The second-order valence-corrected chi connectivity index (χ2v) is 5.45. The number of rotatable bonds is 2. The predicted molar refractivity (Wildman–Crippen MR) is 81.8 cm³/mol. The summed E-state index contributed by atoms with van der Waals surface area (Å²) in [4.78, 5) is 12.4. The van der Waals surface area contributed by atoms with Crippen molar-refractivity contribution in [3.63, 3.8) is 0 Å². The van der Waals surface area contributed by atoms with Crippen molar-refractivity contribution in [2.45, 2.75) is 0 Å². The third-order valence-electron chi connectivity index (χ3n) is 2.48. The first-order valence-corrected chi connectivity index (χ1v) is 6.76. The number of ketones is 1. The van der Waals surface area contributed by atoms with Gasteiger partial charge in [0.05, 0.1) is 20.6 Å². The molecule has 0 aliphatic carbocycles. The Bertz CT molecular complexity index is 637. The van der Waals surface area contributed by atoms with E-state index in [-0.39, 0.29) is 36.7 Å². The number of hydrogen-bond acceptors (Lipinski definition) is 1. The largest absolute Gasteiger partial charge is 1.00 e. The summed E-state index contributed by atoms with van der Waals surface area (Å²) >= 11 is 18.0. The van der Waals surface area contributed by atoms with Crippen LogP contribution in [-0.2, 0) is 0 Å². The average Bonchev–Trinajstić information content (AvgIpc) is 2.35. The molecule has 0 spiro atoms. The average molecular weight is 325 g/mol. The van der Waals surface area contributed by atoms with Crippen molar-refractivity contribution in [2.24, 2.45) is 0 Å². The van der Waals surface area contributed by atoms with Crippen molar-refractivity contribution in [1.82, 2.24) is 0 Å². The zero-order chi connectivity index (χ0) is 13.3. The van der Waals surface area contributed by atoms with Crippen LogP contribution in [0.3, 0.4) is 0 Å². The van der Waals surface area contributed by atoms with Gasteiger partial charge in [-0.25, -0.2) is 0 Å². The van der Waals surface area contributed by atoms with Crippen LogP contribution in [0.25, 0.3) is 0 Å². The SMILES string of the molecule is O=C(c1ccccc1P)c1c(Cl)ccc(Cl)c1Cl.[H-].[Li+]. The third-order valence-corrected chi connectivity index (χ3v) is 4.10. The number of hydrogen-bond donors (Lipinski definition) is 0. The normalized spacial score (nSPS) is 9.89. The van der Waals surface area contributed by atoms with Crippen molar-refractivity contribution in [3.8, 4) is 0 Å². The van der Waals surface area contributed by atoms with Gasteiger partial charge in [0, 0.05) is 5.56 Å². The molecule has 0 aliphatic heterocycles. The van der Waals surface area contributed by atoms with Gasteiger partial charge in [-0.1, -0.05) is 59.1 Å². The van der Waals surface area contributed by atoms with Crippen molar-refractivity contribution in [2.75, 3.05) is 0 Å². The Hall–Kier alpha value is 0.00740. The topological polar surface area (TPSA) is 17.1 Å². The number of carbonyl (C=O) groups excluding carboxylic acids is 1. The van der Waals surface area contributed by atoms with E-state index in [0.717, 1.165) is 5.30 Å². The van der Waals surface area contributed by atoms with Gasteiger partial charge in [-0.3, -0.25) is 4.79 Å². The van der Waals surface area contributed by atoms with E-state index in [1.54, 1.807) is 24.3 Å². The number of benzene rings is 2. The van der Waals surface area contributed by atoms with Crippen molar-refractivity contribution < 1.29 is 25.1 Å². The number of halogens is 3. The third kappa shape index (κ3) is 3.56. The second kappa shape index (κ2) is 7.14. The molecule has 0 amide bonds. The van der Waals surface area contributed by atoms with Gasteiger partial charge in [-0.05, 0) is 17.4 Å². The van der Waals surface area contributed by atoms with E-state index >= 15 is 0 Å². The fourth-order valence-electron chi connectivity index (χ4n) is 1.57. The Kier molecular flexibility index (Phi) is 6.41. The molecule has 2 aromatic carbocycles. The van der Waals surface area contributed by atoms with Crippen molar-refractivity contribution in [3.05, 3.63) is 62.6 Å². The van der Waals surface area contributed by atoms with Crippen LogP contribution in [0, 0.1) is 0 Å². The molecule has 1 unspecified atom stereocenters. The molecule has 6 heteroatoms. The van der Waals surface area contributed by atoms with Crippen LogP contribution in [0.2, 0.25) is 15.1 Å². The van der Waals surface area contributed by atoms with Gasteiger partial charge < -0.3 is 1.43 Å². The zero-order valence-corrected chi connectivity index (χ0v) is 13.5. The predicted octanol–water partition coefficient (Wildman–Crippen LogP) is 1.49. The summed E-state index contributed by atoms with van der Waals surface area (Å²) in [6.07, 6.45) is 0. The molecule has 0 bridgehead atoms. The number of carbonyl (C=O) groups is 1. The minimum Gasteiger partial charge on any atom is -1.00 e. The van der Waals surface area contributed by atoms with Crippen LogP contribution >= 0.6 is 44.0 Å². The summed E-state index contributed by atoms with van der Waals surface area (Å²) < 4.78 is 0. The second-order valence-electron chi connectivity index (χ2n) is 3.63. The summed E-state index contributed by atoms with van der Waals surface area (Å²) in [5.41, 5.74) is 0.773. The summed E-state index contributed by atoms with van der Waals surface area (Å²) in [6, 6.07) is 10.3. The first-order chi connectivity index (χ1) is 8.52. The zero-order valence-electron chi connectivity index (χ0n) is 11.1. The van der Waals surface area contributed by atoms with Crippen LogP contribution in [-0.4, -0.2) is 5.78 Å². The van der Waals surface area contributed by atoms with Gasteiger partial charge in [-0.15, -0.1) is 9.24 Å². The molecule has 1 nitrogen and oxygen atoms in total. The Morgan fingerprint density at radius 3 is 2.21 bits per heavy atom. The van der Waals surface area contributed by atoms with E-state index in [2.05, 4.69) is 9.24 Å². The first-order valence-electron chi connectivity index (χ1n) is 5.05. The monoisotopic (exact) mass is 324 g/mol. The standard InChI is InChI=1S/C13H8Cl3OP.Li.H/c14-8-5-6-9(15)12(16)11(8)13(17)7-3-1-2-4-10(7)18;;/h1-6H,18H2;;/q;+1;-1. The molecule has 1 atom stereocenters. The fraction of sp³-hybridized carbons (Fsp3) is 0. The minimum atomic E-state index is -0.238. The molecule has 0 saturated heterocycles. The molecule has 0 radical (unpaired) electrons. The van der Waals surface area contributed by atoms with Crippen LogP contribution < -0.4 is 24.2 Å². The van der Waals surface area contributed by atoms with Gasteiger partial charge in [0.15, 0.2) is 5.78 Å². The molecule has 2 aromatic rings. The van der Waals surface area contributed by atoms with E-state index in [4.69, 9.17) is 34.8 Å². The molecular formula is C13H9Cl3LiOP. The Morgan fingerprint density at radius 1 is 1.00 bits per heavy atom. The van der Waals surface area contributed by atoms with Gasteiger partial charge >= 0.3 is 18.9 Å². The van der Waals surface area contributed by atoms with Gasteiger partial charge in [0.1, 0.15) is 0 Å². The van der Waals surface area contributed by atoms with E-state index in [1.165, 1.54) is 0 Å². The van der Waals surface area contributed by atoms with Crippen molar-refractivity contribution >= 4 is 55.1 Å². The van der Waals surface area contributed by atoms with Crippen LogP contribution in [0.5, 0.6) is 0 Å². The fourth-order valence-corrected chi connectivity index (χ4v) is 2.61. The molecule has 94 valence electrons. The molecule has 0 heterocycles. The smallest absolute Gasteiger partial charge is 1.00 e. The molecule has 2 rings (SSSR count). The minimum absolute atomic E-state index is 0. The van der Waals surface area contributed by atoms with Crippen LogP contribution in [0.15, 0.2) is 36.4 Å². The Balaban J connectivity index is 0.00000180. The maximum absolute atomic E-state index is 12.4. The summed E-state index contributed by atoms with van der Waals surface area (Å²) in [5.74, 6) is -0.238. The first kappa shape index (κ1) is 17.1. The summed E-state index contributed by atoms with van der Waals surface area (Å²) in [6.45, 7) is 0. The summed E-state index contributed by atoms with van der Waals surface area (Å²) in [7, 11) is 2.51. The maximum atomic E-state index is 12.4. The van der Waals surface area contributed by atoms with Gasteiger partial charge in [0.2, 0.25) is 0 Å². The van der Waals surface area contributed by atoms with E-state index in [9.17, 15) is 4.79 Å². The van der Waals surface area contributed by atoms with Gasteiger partial charge in [0.25, 0.3) is 0 Å². The molecule has 0 fully saturated rings. The quantitative estimate of drug-likeness (QED) is 0.354. The maximum Gasteiger partial charge on any atom is 1.00 e.